The zero-order valence-corrected chi connectivity index (χ0v) is 10.2. The quantitative estimate of drug-likeness (QED) is 0.832. The lowest BCUT2D eigenvalue weighted by Crippen LogP contribution is -2.31. The molecule has 1 fully saturated rings. The van der Waals surface area contributed by atoms with Crippen LogP contribution in [0.1, 0.15) is 12.0 Å². The van der Waals surface area contributed by atoms with Gasteiger partial charge in [0.15, 0.2) is 0 Å². The number of likely N-dealkylation sites (tertiary alicyclic amines) is 1. The molecule has 1 aliphatic heterocycles. The van der Waals surface area contributed by atoms with Gasteiger partial charge in [0.25, 0.3) is 0 Å². The van der Waals surface area contributed by atoms with E-state index >= 15 is 0 Å². The van der Waals surface area contributed by atoms with E-state index < -0.39 is 0 Å². The topological polar surface area (TPSA) is 45.2 Å². The molecule has 1 unspecified atom stereocenters. The second kappa shape index (κ2) is 5.77. The number of rotatable bonds is 4. The van der Waals surface area contributed by atoms with Crippen molar-refractivity contribution < 1.29 is 4.79 Å². The first kappa shape index (κ1) is 12.0. The molecule has 1 aliphatic rings. The third kappa shape index (κ3) is 3.27. The number of pyridine rings is 1. The number of nitrogens with zero attached hydrogens (tertiary/aromatic N) is 2. The molecular formula is C13H19N3O. The number of carbonyl (C=O) groups excluding carboxylic acids is 1. The van der Waals surface area contributed by atoms with Crippen molar-refractivity contribution in [2.75, 3.05) is 26.7 Å². The van der Waals surface area contributed by atoms with E-state index in [1.54, 1.807) is 12.4 Å². The monoisotopic (exact) mass is 233 g/mol. The van der Waals surface area contributed by atoms with Crippen molar-refractivity contribution in [2.24, 2.45) is 5.92 Å². The second-order valence-electron chi connectivity index (χ2n) is 4.59. The van der Waals surface area contributed by atoms with E-state index in [1.165, 1.54) is 0 Å². The van der Waals surface area contributed by atoms with Gasteiger partial charge in [-0.25, -0.2) is 0 Å². The number of hydrogen-bond acceptors (Lipinski definition) is 3. The fourth-order valence-electron chi connectivity index (χ4n) is 2.30. The van der Waals surface area contributed by atoms with E-state index in [1.807, 2.05) is 24.1 Å². The lowest BCUT2D eigenvalue weighted by atomic mass is 10.1. The highest BCUT2D eigenvalue weighted by Crippen LogP contribution is 2.16. The van der Waals surface area contributed by atoms with Gasteiger partial charge in [0, 0.05) is 25.5 Å². The molecule has 17 heavy (non-hydrogen) atoms. The van der Waals surface area contributed by atoms with Crippen molar-refractivity contribution in [3.8, 4) is 0 Å². The molecule has 1 aromatic heterocycles. The summed E-state index contributed by atoms with van der Waals surface area (Å²) in [6.45, 7) is 2.78. The molecule has 1 atom stereocenters. The molecule has 2 rings (SSSR count). The summed E-state index contributed by atoms with van der Waals surface area (Å²) in [5, 5.41) is 3.17. The molecule has 4 nitrogen and oxygen atoms in total. The minimum absolute atomic E-state index is 0.219. The summed E-state index contributed by atoms with van der Waals surface area (Å²) in [4.78, 5) is 18.0. The van der Waals surface area contributed by atoms with Crippen LogP contribution in [0, 0.1) is 5.92 Å². The highest BCUT2D eigenvalue weighted by Gasteiger charge is 2.25. The van der Waals surface area contributed by atoms with Crippen molar-refractivity contribution >= 4 is 5.91 Å². The average molecular weight is 233 g/mol. The van der Waals surface area contributed by atoms with Gasteiger partial charge in [0.05, 0.1) is 6.42 Å². The molecule has 0 aliphatic carbocycles. The van der Waals surface area contributed by atoms with Gasteiger partial charge < -0.3 is 10.2 Å². The minimum Gasteiger partial charge on any atom is -0.342 e. The Morgan fingerprint density at radius 1 is 1.65 bits per heavy atom. The Hall–Kier alpha value is -1.42. The number of amides is 1. The maximum atomic E-state index is 12.0. The Labute approximate surface area is 102 Å². The summed E-state index contributed by atoms with van der Waals surface area (Å²) in [6, 6.07) is 3.82. The van der Waals surface area contributed by atoms with Crippen molar-refractivity contribution in [1.82, 2.24) is 15.2 Å². The van der Waals surface area contributed by atoms with E-state index in [9.17, 15) is 4.79 Å². The zero-order valence-electron chi connectivity index (χ0n) is 10.2. The number of carbonyl (C=O) groups is 1. The predicted molar refractivity (Wildman–Crippen MR) is 66.6 cm³/mol. The molecule has 0 bridgehead atoms. The van der Waals surface area contributed by atoms with E-state index in [0.29, 0.717) is 12.3 Å². The molecule has 0 saturated carbocycles. The molecule has 0 radical (unpaired) electrons. The first-order valence-corrected chi connectivity index (χ1v) is 6.11. The van der Waals surface area contributed by atoms with Crippen LogP contribution in [0.2, 0.25) is 0 Å². The van der Waals surface area contributed by atoms with E-state index in [2.05, 4.69) is 10.3 Å². The van der Waals surface area contributed by atoms with Gasteiger partial charge in [-0.1, -0.05) is 6.07 Å². The minimum atomic E-state index is 0.219. The van der Waals surface area contributed by atoms with Crippen LogP contribution >= 0.6 is 0 Å². The van der Waals surface area contributed by atoms with Gasteiger partial charge in [-0.15, -0.1) is 0 Å². The second-order valence-corrected chi connectivity index (χ2v) is 4.59. The van der Waals surface area contributed by atoms with Gasteiger partial charge in [0.2, 0.25) is 5.91 Å². The molecule has 0 aromatic carbocycles. The Morgan fingerprint density at radius 3 is 3.24 bits per heavy atom. The summed E-state index contributed by atoms with van der Waals surface area (Å²) < 4.78 is 0. The van der Waals surface area contributed by atoms with Crippen LogP contribution in [0.3, 0.4) is 0 Å². The van der Waals surface area contributed by atoms with E-state index in [4.69, 9.17) is 0 Å². The molecule has 1 amide bonds. The summed E-state index contributed by atoms with van der Waals surface area (Å²) in [7, 11) is 1.96. The normalized spacial score (nSPS) is 19.6. The molecule has 1 N–H and O–H groups in total. The standard InChI is InChI=1S/C13H19N3O/c1-14-8-12-4-6-16(10-12)13(17)7-11-3-2-5-15-9-11/h2-3,5,9,12,14H,4,6-8,10H2,1H3. The SMILES string of the molecule is CNCC1CCN(C(=O)Cc2cccnc2)C1. The van der Waals surface area contributed by atoms with Crippen molar-refractivity contribution in [3.63, 3.8) is 0 Å². The smallest absolute Gasteiger partial charge is 0.227 e. The molecular weight excluding hydrogens is 214 g/mol. The van der Waals surface area contributed by atoms with Crippen LogP contribution < -0.4 is 5.32 Å². The molecule has 4 heteroatoms. The maximum absolute atomic E-state index is 12.0. The first-order valence-electron chi connectivity index (χ1n) is 6.11. The Bertz CT molecular complexity index is 366. The summed E-state index contributed by atoms with van der Waals surface area (Å²) >= 11 is 0. The van der Waals surface area contributed by atoms with Crippen molar-refractivity contribution in [1.29, 1.82) is 0 Å². The third-order valence-electron chi connectivity index (χ3n) is 3.21. The summed E-state index contributed by atoms with van der Waals surface area (Å²) in [5.41, 5.74) is 0.995. The fourth-order valence-corrected chi connectivity index (χ4v) is 2.30. The third-order valence-corrected chi connectivity index (χ3v) is 3.21. The maximum Gasteiger partial charge on any atom is 0.227 e. The number of aromatic nitrogens is 1. The van der Waals surface area contributed by atoms with Crippen LogP contribution in [-0.4, -0.2) is 42.5 Å². The first-order chi connectivity index (χ1) is 8.29. The van der Waals surface area contributed by atoms with Crippen LogP contribution in [0.25, 0.3) is 0 Å². The average Bonchev–Trinajstić information content (AvgIpc) is 2.79. The van der Waals surface area contributed by atoms with Crippen LogP contribution in [0.15, 0.2) is 24.5 Å². The highest BCUT2D eigenvalue weighted by molar-refractivity contribution is 5.78. The summed E-state index contributed by atoms with van der Waals surface area (Å²) in [5.74, 6) is 0.828. The van der Waals surface area contributed by atoms with Crippen LogP contribution in [-0.2, 0) is 11.2 Å². The van der Waals surface area contributed by atoms with Gasteiger partial charge in [-0.2, -0.15) is 0 Å². The van der Waals surface area contributed by atoms with E-state index in [-0.39, 0.29) is 5.91 Å². The number of hydrogen-bond donors (Lipinski definition) is 1. The molecule has 2 heterocycles. The largest absolute Gasteiger partial charge is 0.342 e. The highest BCUT2D eigenvalue weighted by atomic mass is 16.2. The summed E-state index contributed by atoms with van der Waals surface area (Å²) in [6.07, 6.45) is 5.07. The zero-order chi connectivity index (χ0) is 12.1. The van der Waals surface area contributed by atoms with Gasteiger partial charge >= 0.3 is 0 Å². The Balaban J connectivity index is 1.85. The number of nitrogens with one attached hydrogen (secondary N) is 1. The lowest BCUT2D eigenvalue weighted by molar-refractivity contribution is -0.129. The van der Waals surface area contributed by atoms with Gasteiger partial charge in [-0.05, 0) is 37.6 Å². The van der Waals surface area contributed by atoms with Crippen LogP contribution in [0.4, 0.5) is 0 Å². The Kier molecular flexibility index (Phi) is 4.09. The molecule has 0 spiro atoms. The van der Waals surface area contributed by atoms with Crippen molar-refractivity contribution in [3.05, 3.63) is 30.1 Å². The van der Waals surface area contributed by atoms with Crippen molar-refractivity contribution in [2.45, 2.75) is 12.8 Å². The Morgan fingerprint density at radius 2 is 2.53 bits per heavy atom. The van der Waals surface area contributed by atoms with E-state index in [0.717, 1.165) is 31.6 Å². The predicted octanol–water partition coefficient (Wildman–Crippen LogP) is 0.692. The lowest BCUT2D eigenvalue weighted by Gasteiger charge is -2.16. The fraction of sp³-hybridized carbons (Fsp3) is 0.538. The molecule has 92 valence electrons. The van der Waals surface area contributed by atoms with Gasteiger partial charge in [-0.3, -0.25) is 9.78 Å². The molecule has 1 aromatic rings. The van der Waals surface area contributed by atoms with Gasteiger partial charge in [0.1, 0.15) is 0 Å². The molecule has 1 saturated heterocycles. The van der Waals surface area contributed by atoms with Crippen LogP contribution in [0.5, 0.6) is 0 Å².